The lowest BCUT2D eigenvalue weighted by atomic mass is 10.1. The maximum atomic E-state index is 13.6. The Balaban J connectivity index is 1.90. The Labute approximate surface area is 127 Å². The molecule has 1 N–H and O–H groups in total. The number of halogens is 1. The molecule has 2 aromatic carbocycles. The maximum Gasteiger partial charge on any atom is 0.243 e. The van der Waals surface area contributed by atoms with Gasteiger partial charge >= 0.3 is 0 Å². The summed E-state index contributed by atoms with van der Waals surface area (Å²) in [5, 5.41) is 0.921. The number of aromatic nitrogens is 1. The Hall–Kier alpha value is -2.31. The van der Waals surface area contributed by atoms with Gasteiger partial charge < -0.3 is 0 Å². The third-order valence-electron chi connectivity index (χ3n) is 3.30. The van der Waals surface area contributed by atoms with Gasteiger partial charge in [-0.25, -0.2) is 17.5 Å². The van der Waals surface area contributed by atoms with E-state index in [1.54, 1.807) is 12.3 Å². The van der Waals surface area contributed by atoms with E-state index in [1.807, 2.05) is 24.3 Å². The molecular weight excluding hydrogens is 303 g/mol. The van der Waals surface area contributed by atoms with E-state index < -0.39 is 15.8 Å². The lowest BCUT2D eigenvalue weighted by Crippen LogP contribution is -2.24. The topological polar surface area (TPSA) is 59.1 Å². The Bertz CT molecular complexity index is 921. The van der Waals surface area contributed by atoms with Gasteiger partial charge in [0.05, 0.1) is 5.52 Å². The van der Waals surface area contributed by atoms with Crippen LogP contribution in [0.4, 0.5) is 4.39 Å². The fourth-order valence-electron chi connectivity index (χ4n) is 2.22. The van der Waals surface area contributed by atoms with Crippen LogP contribution in [-0.4, -0.2) is 13.4 Å². The third-order valence-corrected chi connectivity index (χ3v) is 4.73. The molecule has 3 aromatic rings. The SMILES string of the molecule is O=S(=O)(NCc1cccc2cccnc12)c1ccccc1F. The fourth-order valence-corrected chi connectivity index (χ4v) is 3.31. The summed E-state index contributed by atoms with van der Waals surface area (Å²) >= 11 is 0. The zero-order chi connectivity index (χ0) is 15.6. The predicted octanol–water partition coefficient (Wildman–Crippen LogP) is 2.85. The van der Waals surface area contributed by atoms with Crippen LogP contribution in [0.25, 0.3) is 10.9 Å². The Morgan fingerprint density at radius 3 is 2.59 bits per heavy atom. The van der Waals surface area contributed by atoms with E-state index in [0.717, 1.165) is 22.5 Å². The summed E-state index contributed by atoms with van der Waals surface area (Å²) in [6.45, 7) is 0.0466. The van der Waals surface area contributed by atoms with Gasteiger partial charge in [-0.2, -0.15) is 0 Å². The summed E-state index contributed by atoms with van der Waals surface area (Å²) in [6, 6.07) is 14.5. The largest absolute Gasteiger partial charge is 0.256 e. The van der Waals surface area contributed by atoms with Gasteiger partial charge in [0.1, 0.15) is 10.7 Å². The van der Waals surface area contributed by atoms with Crippen LogP contribution >= 0.6 is 0 Å². The molecule has 4 nitrogen and oxygen atoms in total. The van der Waals surface area contributed by atoms with Crippen molar-refractivity contribution in [3.05, 3.63) is 72.2 Å². The second kappa shape index (κ2) is 5.82. The molecule has 0 saturated carbocycles. The Morgan fingerprint density at radius 2 is 1.77 bits per heavy atom. The predicted molar refractivity (Wildman–Crippen MR) is 82.2 cm³/mol. The molecule has 0 unspecified atom stereocenters. The third kappa shape index (κ3) is 2.84. The molecule has 0 atom stereocenters. The summed E-state index contributed by atoms with van der Waals surface area (Å²) in [5.41, 5.74) is 1.46. The van der Waals surface area contributed by atoms with Crippen molar-refractivity contribution < 1.29 is 12.8 Å². The second-order valence-electron chi connectivity index (χ2n) is 4.75. The van der Waals surface area contributed by atoms with E-state index >= 15 is 0 Å². The van der Waals surface area contributed by atoms with E-state index in [4.69, 9.17) is 0 Å². The van der Waals surface area contributed by atoms with Crippen LogP contribution in [0.5, 0.6) is 0 Å². The Kier molecular flexibility index (Phi) is 3.87. The fraction of sp³-hybridized carbons (Fsp3) is 0.0625. The highest BCUT2D eigenvalue weighted by Crippen LogP contribution is 2.18. The average molecular weight is 316 g/mol. The average Bonchev–Trinajstić information content (AvgIpc) is 2.53. The quantitative estimate of drug-likeness (QED) is 0.805. The van der Waals surface area contributed by atoms with Gasteiger partial charge in [0.25, 0.3) is 0 Å². The maximum absolute atomic E-state index is 13.6. The molecule has 0 spiro atoms. The molecule has 1 aromatic heterocycles. The van der Waals surface area contributed by atoms with Gasteiger partial charge in [0, 0.05) is 18.1 Å². The molecule has 0 bridgehead atoms. The van der Waals surface area contributed by atoms with Crippen LogP contribution < -0.4 is 4.72 Å². The van der Waals surface area contributed by atoms with Crippen molar-refractivity contribution >= 4 is 20.9 Å². The summed E-state index contributed by atoms with van der Waals surface area (Å²) in [5.74, 6) is -0.772. The second-order valence-corrected chi connectivity index (χ2v) is 6.48. The molecule has 0 radical (unpaired) electrons. The number of benzene rings is 2. The minimum atomic E-state index is -3.91. The minimum Gasteiger partial charge on any atom is -0.256 e. The van der Waals surface area contributed by atoms with Gasteiger partial charge in [0.2, 0.25) is 10.0 Å². The molecule has 22 heavy (non-hydrogen) atoms. The van der Waals surface area contributed by atoms with Gasteiger partial charge in [-0.3, -0.25) is 4.98 Å². The first-order valence-corrected chi connectivity index (χ1v) is 8.13. The molecule has 0 saturated heterocycles. The van der Waals surface area contributed by atoms with Crippen LogP contribution in [0, 0.1) is 5.82 Å². The Morgan fingerprint density at radius 1 is 1.00 bits per heavy atom. The lowest BCUT2D eigenvalue weighted by molar-refractivity contribution is 0.557. The van der Waals surface area contributed by atoms with Crippen LogP contribution in [-0.2, 0) is 16.6 Å². The molecule has 0 aliphatic carbocycles. The van der Waals surface area contributed by atoms with Crippen LogP contribution in [0.2, 0.25) is 0 Å². The first kappa shape index (κ1) is 14.6. The summed E-state index contributed by atoms with van der Waals surface area (Å²) in [7, 11) is -3.91. The number of nitrogens with zero attached hydrogens (tertiary/aromatic N) is 1. The standard InChI is InChI=1S/C16H13FN2O2S/c17-14-8-1-2-9-15(14)22(20,21)19-11-13-6-3-5-12-7-4-10-18-16(12)13/h1-10,19H,11H2. The van der Waals surface area contributed by atoms with E-state index in [1.165, 1.54) is 18.2 Å². The van der Waals surface area contributed by atoms with Crippen LogP contribution in [0.3, 0.4) is 0 Å². The number of hydrogen-bond donors (Lipinski definition) is 1. The summed E-state index contributed by atoms with van der Waals surface area (Å²) < 4.78 is 40.4. The smallest absolute Gasteiger partial charge is 0.243 e. The van der Waals surface area contributed by atoms with Crippen molar-refractivity contribution in [2.24, 2.45) is 0 Å². The number of para-hydroxylation sites is 1. The number of hydrogen-bond acceptors (Lipinski definition) is 3. The van der Waals surface area contributed by atoms with E-state index in [2.05, 4.69) is 9.71 Å². The van der Waals surface area contributed by atoms with Gasteiger partial charge in [-0.15, -0.1) is 0 Å². The number of pyridine rings is 1. The molecule has 0 fully saturated rings. The normalized spacial score (nSPS) is 11.7. The van der Waals surface area contributed by atoms with Crippen molar-refractivity contribution in [3.63, 3.8) is 0 Å². The zero-order valence-electron chi connectivity index (χ0n) is 11.5. The summed E-state index contributed by atoms with van der Waals surface area (Å²) in [6.07, 6.45) is 1.65. The number of rotatable bonds is 4. The molecule has 3 rings (SSSR count). The molecular formula is C16H13FN2O2S. The molecule has 0 amide bonds. The highest BCUT2D eigenvalue weighted by molar-refractivity contribution is 7.89. The number of nitrogens with one attached hydrogen (secondary N) is 1. The first-order chi connectivity index (χ1) is 10.6. The van der Waals surface area contributed by atoms with E-state index in [0.29, 0.717) is 0 Å². The van der Waals surface area contributed by atoms with Crippen molar-refractivity contribution in [1.29, 1.82) is 0 Å². The van der Waals surface area contributed by atoms with E-state index in [-0.39, 0.29) is 11.4 Å². The van der Waals surface area contributed by atoms with Crippen molar-refractivity contribution in [2.45, 2.75) is 11.4 Å². The molecule has 1 heterocycles. The lowest BCUT2D eigenvalue weighted by Gasteiger charge is -2.09. The minimum absolute atomic E-state index is 0.0466. The van der Waals surface area contributed by atoms with Crippen molar-refractivity contribution in [1.82, 2.24) is 9.71 Å². The van der Waals surface area contributed by atoms with Crippen LogP contribution in [0.15, 0.2) is 65.7 Å². The zero-order valence-corrected chi connectivity index (χ0v) is 12.3. The van der Waals surface area contributed by atoms with Crippen molar-refractivity contribution in [3.8, 4) is 0 Å². The molecule has 0 aliphatic rings. The molecule has 112 valence electrons. The number of sulfonamides is 1. The monoisotopic (exact) mass is 316 g/mol. The number of fused-ring (bicyclic) bond motifs is 1. The van der Waals surface area contributed by atoms with Crippen LogP contribution in [0.1, 0.15) is 5.56 Å². The van der Waals surface area contributed by atoms with Crippen molar-refractivity contribution in [2.75, 3.05) is 0 Å². The highest BCUT2D eigenvalue weighted by atomic mass is 32.2. The molecule has 0 aliphatic heterocycles. The van der Waals surface area contributed by atoms with Gasteiger partial charge in [-0.1, -0.05) is 36.4 Å². The first-order valence-electron chi connectivity index (χ1n) is 6.65. The van der Waals surface area contributed by atoms with Gasteiger partial charge in [0.15, 0.2) is 0 Å². The summed E-state index contributed by atoms with van der Waals surface area (Å²) in [4.78, 5) is 3.91. The molecule has 6 heteroatoms. The van der Waals surface area contributed by atoms with E-state index in [9.17, 15) is 12.8 Å². The van der Waals surface area contributed by atoms with Gasteiger partial charge in [-0.05, 0) is 23.8 Å². The highest BCUT2D eigenvalue weighted by Gasteiger charge is 2.18.